The van der Waals surface area contributed by atoms with Gasteiger partial charge in [-0.3, -0.25) is 4.31 Å². The third-order valence-electron chi connectivity index (χ3n) is 4.92. The Morgan fingerprint density at radius 1 is 1.00 bits per heavy atom. The van der Waals surface area contributed by atoms with Crippen LogP contribution in [0, 0.1) is 0 Å². The minimum Gasteiger partial charge on any atom is -0.369 e. The lowest BCUT2D eigenvalue weighted by molar-refractivity contribution is 0.568. The zero-order valence-corrected chi connectivity index (χ0v) is 18.1. The van der Waals surface area contributed by atoms with Crippen LogP contribution in [-0.2, 0) is 23.3 Å². The summed E-state index contributed by atoms with van der Waals surface area (Å²) in [5.74, 6) is 0. The minimum atomic E-state index is -3.66. The molecule has 152 valence electrons. The van der Waals surface area contributed by atoms with Gasteiger partial charge in [-0.05, 0) is 23.8 Å². The summed E-state index contributed by atoms with van der Waals surface area (Å²) in [6.07, 6.45) is 0. The molecule has 0 amide bonds. The summed E-state index contributed by atoms with van der Waals surface area (Å²) in [4.78, 5) is 2.29. The van der Waals surface area contributed by atoms with Gasteiger partial charge in [0.2, 0.25) is 0 Å². The predicted octanol–water partition coefficient (Wildman–Crippen LogP) is 3.18. The number of nitrogens with zero attached hydrogens (tertiary/aromatic N) is 2. The fourth-order valence-electron chi connectivity index (χ4n) is 3.55. The van der Waals surface area contributed by atoms with Crippen molar-refractivity contribution < 1.29 is 8.42 Å². The van der Waals surface area contributed by atoms with Crippen molar-refractivity contribution in [3.63, 3.8) is 0 Å². The van der Waals surface area contributed by atoms with Gasteiger partial charge in [0, 0.05) is 44.0 Å². The van der Waals surface area contributed by atoms with Crippen molar-refractivity contribution in [1.29, 1.82) is 0 Å². The Morgan fingerprint density at radius 3 is 2.43 bits per heavy atom. The van der Waals surface area contributed by atoms with E-state index in [2.05, 4.69) is 14.9 Å². The Hall–Kier alpha value is -1.22. The van der Waals surface area contributed by atoms with E-state index in [9.17, 15) is 8.42 Å². The molecule has 4 rings (SSSR count). The topological polar surface area (TPSA) is 64.7 Å². The summed E-state index contributed by atoms with van der Waals surface area (Å²) in [7, 11) is -3.66. The molecule has 0 saturated carbocycles. The number of fused-ring (bicyclic) bond motifs is 1. The Kier molecular flexibility index (Phi) is 6.64. The van der Waals surface area contributed by atoms with E-state index in [1.807, 2.05) is 18.2 Å². The molecule has 2 heterocycles. The van der Waals surface area contributed by atoms with Gasteiger partial charge in [0.15, 0.2) is 0 Å². The first-order valence-electron chi connectivity index (χ1n) is 8.75. The number of nitrogens with one attached hydrogen (secondary N) is 2. The normalized spacial score (nSPS) is 18.4. The first kappa shape index (κ1) is 21.5. The number of halogens is 3. The third-order valence-corrected chi connectivity index (χ3v) is 7.19. The molecule has 2 N–H and O–H groups in total. The molecule has 28 heavy (non-hydrogen) atoms. The van der Waals surface area contributed by atoms with E-state index in [0.29, 0.717) is 21.3 Å². The quantitative estimate of drug-likeness (QED) is 0.734. The van der Waals surface area contributed by atoms with Gasteiger partial charge in [-0.1, -0.05) is 41.4 Å². The van der Waals surface area contributed by atoms with Crippen LogP contribution >= 0.6 is 35.6 Å². The number of hydrogen-bond acceptors (Lipinski definition) is 4. The van der Waals surface area contributed by atoms with E-state index < -0.39 is 10.2 Å². The molecular weight excluding hydrogens is 443 g/mol. The van der Waals surface area contributed by atoms with Crippen LogP contribution in [-0.4, -0.2) is 34.6 Å². The molecule has 1 saturated heterocycles. The van der Waals surface area contributed by atoms with Gasteiger partial charge in [-0.2, -0.15) is 13.1 Å². The van der Waals surface area contributed by atoms with Crippen LogP contribution in [0.4, 0.5) is 11.4 Å². The average molecular weight is 464 g/mol. The molecule has 6 nitrogen and oxygen atoms in total. The summed E-state index contributed by atoms with van der Waals surface area (Å²) in [5.41, 5.74) is 3.39. The van der Waals surface area contributed by atoms with Gasteiger partial charge in [0.05, 0.1) is 22.3 Å². The molecule has 2 aliphatic rings. The molecule has 0 unspecified atom stereocenters. The van der Waals surface area contributed by atoms with Crippen molar-refractivity contribution >= 4 is 57.2 Å². The highest BCUT2D eigenvalue weighted by Crippen LogP contribution is 2.37. The number of anilines is 2. The molecule has 10 heteroatoms. The van der Waals surface area contributed by atoms with Crippen molar-refractivity contribution in [1.82, 2.24) is 10.0 Å². The molecule has 2 aliphatic heterocycles. The van der Waals surface area contributed by atoms with Gasteiger partial charge in [-0.15, -0.1) is 12.4 Å². The van der Waals surface area contributed by atoms with Gasteiger partial charge in [0.1, 0.15) is 0 Å². The van der Waals surface area contributed by atoms with Gasteiger partial charge in [-0.25, -0.2) is 0 Å². The van der Waals surface area contributed by atoms with E-state index in [1.165, 1.54) is 4.31 Å². The van der Waals surface area contributed by atoms with E-state index in [-0.39, 0.29) is 25.5 Å². The van der Waals surface area contributed by atoms with E-state index in [4.69, 9.17) is 23.2 Å². The van der Waals surface area contributed by atoms with Crippen molar-refractivity contribution in [2.45, 2.75) is 13.1 Å². The highest BCUT2D eigenvalue weighted by atomic mass is 35.5. The fraction of sp³-hybridized carbons (Fsp3) is 0.333. The summed E-state index contributed by atoms with van der Waals surface area (Å²) in [6, 6.07) is 11.0. The van der Waals surface area contributed by atoms with Gasteiger partial charge in [0.25, 0.3) is 0 Å². The molecule has 0 aromatic heterocycles. The molecule has 0 spiro atoms. The molecule has 2 aromatic rings. The first-order valence-corrected chi connectivity index (χ1v) is 10.9. The zero-order valence-electron chi connectivity index (χ0n) is 15.0. The lowest BCUT2D eigenvalue weighted by Gasteiger charge is -2.36. The van der Waals surface area contributed by atoms with Crippen LogP contribution in [0.1, 0.15) is 11.1 Å². The Morgan fingerprint density at radius 2 is 1.68 bits per heavy atom. The fourth-order valence-corrected chi connectivity index (χ4v) is 5.15. The zero-order chi connectivity index (χ0) is 19.0. The summed E-state index contributed by atoms with van der Waals surface area (Å²) >= 11 is 12.4. The molecule has 1 fully saturated rings. The summed E-state index contributed by atoms with van der Waals surface area (Å²) in [6.45, 7) is 4.01. The van der Waals surface area contributed by atoms with Crippen LogP contribution in [0.2, 0.25) is 10.0 Å². The average Bonchev–Trinajstić information content (AvgIpc) is 2.67. The number of rotatable bonds is 3. The number of benzene rings is 2. The summed E-state index contributed by atoms with van der Waals surface area (Å²) < 4.78 is 29.5. The number of hydrogen-bond donors (Lipinski definition) is 2. The second-order valence-corrected chi connectivity index (χ2v) is 9.02. The minimum absolute atomic E-state index is 0. The van der Waals surface area contributed by atoms with Crippen LogP contribution in [0.5, 0.6) is 0 Å². The highest BCUT2D eigenvalue weighted by Gasteiger charge is 2.32. The van der Waals surface area contributed by atoms with E-state index in [1.54, 1.807) is 18.2 Å². The standard InChI is InChI=1S/C18H20Cl2N4O2S.ClH/c19-15-4-1-3-13(18(15)20)12-24-17-6-2-5-16(23-9-7-21-8-10-23)14(17)11-22-27(24,25)26;/h1-6,21-22H,7-12H2;1H. The van der Waals surface area contributed by atoms with Crippen LogP contribution in [0.15, 0.2) is 36.4 Å². The largest absolute Gasteiger partial charge is 0.369 e. The maximum absolute atomic E-state index is 12.7. The second-order valence-electron chi connectivity index (χ2n) is 6.56. The monoisotopic (exact) mass is 462 g/mol. The number of piperazine rings is 1. The Labute approximate surface area is 181 Å². The highest BCUT2D eigenvalue weighted by molar-refractivity contribution is 7.90. The second kappa shape index (κ2) is 8.65. The van der Waals surface area contributed by atoms with Crippen LogP contribution < -0.4 is 19.2 Å². The first-order chi connectivity index (χ1) is 13.0. The molecule has 0 aliphatic carbocycles. The van der Waals surface area contributed by atoms with Crippen molar-refractivity contribution in [3.05, 3.63) is 57.6 Å². The Bertz CT molecular complexity index is 965. The maximum Gasteiger partial charge on any atom is 0.302 e. The van der Waals surface area contributed by atoms with E-state index in [0.717, 1.165) is 37.4 Å². The van der Waals surface area contributed by atoms with Crippen molar-refractivity contribution in [2.75, 3.05) is 35.4 Å². The smallest absolute Gasteiger partial charge is 0.302 e. The lowest BCUT2D eigenvalue weighted by Crippen LogP contribution is -2.47. The van der Waals surface area contributed by atoms with Gasteiger partial charge >= 0.3 is 10.2 Å². The van der Waals surface area contributed by atoms with Crippen LogP contribution in [0.25, 0.3) is 0 Å². The van der Waals surface area contributed by atoms with E-state index >= 15 is 0 Å². The molecule has 2 aromatic carbocycles. The summed E-state index contributed by atoms with van der Waals surface area (Å²) in [5, 5.41) is 4.12. The molecule has 0 bridgehead atoms. The molecule has 0 atom stereocenters. The maximum atomic E-state index is 12.7. The SMILES string of the molecule is Cl.O=S1(=O)NCc2c(N3CCNCC3)cccc2N1Cc1cccc(Cl)c1Cl. The third kappa shape index (κ3) is 4.06. The molecule has 0 radical (unpaired) electrons. The lowest BCUT2D eigenvalue weighted by atomic mass is 10.1. The van der Waals surface area contributed by atoms with Gasteiger partial charge < -0.3 is 10.2 Å². The predicted molar refractivity (Wildman–Crippen MR) is 117 cm³/mol. The molecular formula is C18H21Cl3N4O2S. The Balaban J connectivity index is 0.00000225. The van der Waals surface area contributed by atoms with Crippen molar-refractivity contribution in [3.8, 4) is 0 Å². The van der Waals surface area contributed by atoms with Crippen LogP contribution in [0.3, 0.4) is 0 Å². The van der Waals surface area contributed by atoms with Crippen molar-refractivity contribution in [2.24, 2.45) is 0 Å².